The zero-order valence-electron chi connectivity index (χ0n) is 14.6. The monoisotopic (exact) mass is 375 g/mol. The molecule has 0 N–H and O–H groups in total. The first-order chi connectivity index (χ1) is 12.5. The van der Waals surface area contributed by atoms with E-state index in [9.17, 15) is 13.2 Å². The second-order valence-corrected chi connectivity index (χ2v) is 7.94. The van der Waals surface area contributed by atoms with Gasteiger partial charge >= 0.3 is 5.97 Å². The smallest absolute Gasteiger partial charge is 0.338 e. The molecule has 0 amide bonds. The standard InChI is InChI=1S/C19H21NO5S/c1-24-17-10-9-16(19(21)25-14-15-7-3-2-4-8-15)13-18(17)26(22,23)20-11-5-6-12-20/h2-4,7-10,13H,5-6,11-12,14H2,1H3. The minimum Gasteiger partial charge on any atom is -0.495 e. The molecule has 0 spiro atoms. The maximum Gasteiger partial charge on any atom is 0.338 e. The van der Waals surface area contributed by atoms with Gasteiger partial charge in [-0.3, -0.25) is 0 Å². The lowest BCUT2D eigenvalue weighted by molar-refractivity contribution is 0.0472. The van der Waals surface area contributed by atoms with Gasteiger partial charge in [0, 0.05) is 13.1 Å². The number of carbonyl (C=O) groups excluding carboxylic acids is 1. The van der Waals surface area contributed by atoms with Crippen LogP contribution in [0.4, 0.5) is 0 Å². The van der Waals surface area contributed by atoms with Crippen LogP contribution in [0.5, 0.6) is 5.75 Å². The molecular formula is C19H21NO5S. The quantitative estimate of drug-likeness (QED) is 0.726. The molecule has 26 heavy (non-hydrogen) atoms. The van der Waals surface area contributed by atoms with Gasteiger partial charge in [0.1, 0.15) is 17.3 Å². The molecule has 1 fully saturated rings. The molecule has 0 atom stereocenters. The van der Waals surface area contributed by atoms with Gasteiger partial charge in [0.05, 0.1) is 12.7 Å². The highest BCUT2D eigenvalue weighted by molar-refractivity contribution is 7.89. The third-order valence-electron chi connectivity index (χ3n) is 4.29. The molecule has 0 bridgehead atoms. The average molecular weight is 375 g/mol. The van der Waals surface area contributed by atoms with E-state index in [1.165, 1.54) is 29.6 Å². The summed E-state index contributed by atoms with van der Waals surface area (Å²) in [6.07, 6.45) is 1.67. The SMILES string of the molecule is COc1ccc(C(=O)OCc2ccccc2)cc1S(=O)(=O)N1CCCC1. The summed E-state index contributed by atoms with van der Waals surface area (Å²) in [7, 11) is -2.30. The van der Waals surface area contributed by atoms with Gasteiger partial charge in [-0.1, -0.05) is 30.3 Å². The lowest BCUT2D eigenvalue weighted by Gasteiger charge is -2.18. The van der Waals surface area contributed by atoms with E-state index in [0.717, 1.165) is 18.4 Å². The number of methoxy groups -OCH3 is 1. The fourth-order valence-corrected chi connectivity index (χ4v) is 4.58. The Morgan fingerprint density at radius 2 is 1.77 bits per heavy atom. The molecule has 0 unspecified atom stereocenters. The van der Waals surface area contributed by atoms with Crippen molar-refractivity contribution in [3.8, 4) is 5.75 Å². The van der Waals surface area contributed by atoms with Crippen LogP contribution in [0.15, 0.2) is 53.4 Å². The number of nitrogens with zero attached hydrogens (tertiary/aromatic N) is 1. The molecule has 0 saturated carbocycles. The minimum absolute atomic E-state index is 0.00365. The molecule has 2 aromatic rings. The zero-order valence-corrected chi connectivity index (χ0v) is 15.4. The first kappa shape index (κ1) is 18.4. The van der Waals surface area contributed by atoms with Crippen LogP contribution in [0.2, 0.25) is 0 Å². The fourth-order valence-electron chi connectivity index (χ4n) is 2.88. The second-order valence-electron chi connectivity index (χ2n) is 6.04. The Kier molecular flexibility index (Phi) is 5.58. The van der Waals surface area contributed by atoms with Crippen LogP contribution in [0, 0.1) is 0 Å². The molecule has 6 nitrogen and oxygen atoms in total. The van der Waals surface area contributed by atoms with E-state index in [-0.39, 0.29) is 22.8 Å². The Balaban J connectivity index is 1.83. The van der Waals surface area contributed by atoms with Crippen LogP contribution in [0.1, 0.15) is 28.8 Å². The summed E-state index contributed by atoms with van der Waals surface area (Å²) in [5.41, 5.74) is 1.04. The van der Waals surface area contributed by atoms with Gasteiger partial charge < -0.3 is 9.47 Å². The van der Waals surface area contributed by atoms with E-state index < -0.39 is 16.0 Å². The van der Waals surface area contributed by atoms with Crippen molar-refractivity contribution in [2.24, 2.45) is 0 Å². The van der Waals surface area contributed by atoms with Crippen LogP contribution in [0.25, 0.3) is 0 Å². The maximum absolute atomic E-state index is 12.9. The molecule has 138 valence electrons. The summed E-state index contributed by atoms with van der Waals surface area (Å²) in [6, 6.07) is 13.6. The number of hydrogen-bond acceptors (Lipinski definition) is 5. The van der Waals surface area contributed by atoms with Crippen molar-refractivity contribution in [3.05, 3.63) is 59.7 Å². The second kappa shape index (κ2) is 7.88. The molecule has 1 aliphatic heterocycles. The van der Waals surface area contributed by atoms with E-state index in [1.54, 1.807) is 0 Å². The predicted octanol–water partition coefficient (Wildman–Crippen LogP) is 2.84. The van der Waals surface area contributed by atoms with Crippen LogP contribution < -0.4 is 4.74 Å². The first-order valence-corrected chi connectivity index (χ1v) is 9.85. The Morgan fingerprint density at radius 1 is 1.08 bits per heavy atom. The fraction of sp³-hybridized carbons (Fsp3) is 0.316. The Labute approximate surface area is 153 Å². The predicted molar refractivity (Wildman–Crippen MR) is 96.5 cm³/mol. The number of benzene rings is 2. The highest BCUT2D eigenvalue weighted by atomic mass is 32.2. The molecule has 3 rings (SSSR count). The largest absolute Gasteiger partial charge is 0.495 e. The Hall–Kier alpha value is -2.38. The van der Waals surface area contributed by atoms with Crippen LogP contribution >= 0.6 is 0 Å². The number of esters is 1. The van der Waals surface area contributed by atoms with Crippen LogP contribution in [-0.2, 0) is 21.4 Å². The van der Waals surface area contributed by atoms with E-state index in [0.29, 0.717) is 13.1 Å². The van der Waals surface area contributed by atoms with E-state index in [1.807, 2.05) is 30.3 Å². The maximum atomic E-state index is 12.9. The van der Waals surface area contributed by atoms with Crippen molar-refractivity contribution in [2.75, 3.05) is 20.2 Å². The van der Waals surface area contributed by atoms with Crippen molar-refractivity contribution >= 4 is 16.0 Å². The number of sulfonamides is 1. The summed E-state index contributed by atoms with van der Waals surface area (Å²) in [5.74, 6) is -0.356. The van der Waals surface area contributed by atoms with Crippen molar-refractivity contribution < 1.29 is 22.7 Å². The summed E-state index contributed by atoms with van der Waals surface area (Å²) in [5, 5.41) is 0. The summed E-state index contributed by atoms with van der Waals surface area (Å²) in [6.45, 7) is 1.09. The molecule has 0 aromatic heterocycles. The third-order valence-corrected chi connectivity index (χ3v) is 6.21. The molecule has 1 aliphatic rings. The van der Waals surface area contributed by atoms with Gasteiger partial charge in [0.25, 0.3) is 0 Å². The van der Waals surface area contributed by atoms with Gasteiger partial charge in [-0.2, -0.15) is 4.31 Å². The van der Waals surface area contributed by atoms with E-state index in [2.05, 4.69) is 0 Å². The van der Waals surface area contributed by atoms with Crippen molar-refractivity contribution in [1.82, 2.24) is 4.31 Å². The Morgan fingerprint density at radius 3 is 2.42 bits per heavy atom. The van der Waals surface area contributed by atoms with Crippen LogP contribution in [-0.4, -0.2) is 38.9 Å². The molecule has 2 aromatic carbocycles. The molecule has 0 radical (unpaired) electrons. The van der Waals surface area contributed by atoms with Gasteiger partial charge in [-0.15, -0.1) is 0 Å². The molecule has 7 heteroatoms. The minimum atomic E-state index is -3.70. The molecule has 0 aliphatic carbocycles. The first-order valence-electron chi connectivity index (χ1n) is 8.41. The Bertz CT molecular complexity index is 874. The van der Waals surface area contributed by atoms with E-state index >= 15 is 0 Å². The summed E-state index contributed by atoms with van der Waals surface area (Å²) >= 11 is 0. The average Bonchev–Trinajstić information content (AvgIpc) is 3.22. The van der Waals surface area contributed by atoms with Gasteiger partial charge in [-0.05, 0) is 36.6 Å². The number of hydrogen-bond donors (Lipinski definition) is 0. The van der Waals surface area contributed by atoms with Gasteiger partial charge in [0.2, 0.25) is 10.0 Å². The lowest BCUT2D eigenvalue weighted by atomic mass is 10.2. The van der Waals surface area contributed by atoms with Crippen molar-refractivity contribution in [2.45, 2.75) is 24.3 Å². The zero-order chi connectivity index (χ0) is 18.6. The summed E-state index contributed by atoms with van der Waals surface area (Å²) < 4.78 is 37.6. The van der Waals surface area contributed by atoms with E-state index in [4.69, 9.17) is 9.47 Å². The summed E-state index contributed by atoms with van der Waals surface area (Å²) in [4.78, 5) is 12.3. The normalized spacial score (nSPS) is 15.0. The van der Waals surface area contributed by atoms with Gasteiger partial charge in [0.15, 0.2) is 0 Å². The molecule has 1 heterocycles. The lowest BCUT2D eigenvalue weighted by Crippen LogP contribution is -2.28. The molecule has 1 saturated heterocycles. The third kappa shape index (κ3) is 3.89. The number of ether oxygens (including phenoxy) is 2. The topological polar surface area (TPSA) is 72.9 Å². The molecular weight excluding hydrogens is 354 g/mol. The number of rotatable bonds is 6. The van der Waals surface area contributed by atoms with Crippen molar-refractivity contribution in [3.63, 3.8) is 0 Å². The number of carbonyl (C=O) groups is 1. The van der Waals surface area contributed by atoms with Gasteiger partial charge in [-0.25, -0.2) is 13.2 Å². The van der Waals surface area contributed by atoms with Crippen LogP contribution in [0.3, 0.4) is 0 Å². The van der Waals surface area contributed by atoms with Crippen molar-refractivity contribution in [1.29, 1.82) is 0 Å². The highest BCUT2D eigenvalue weighted by Crippen LogP contribution is 2.30. The highest BCUT2D eigenvalue weighted by Gasteiger charge is 2.30.